The van der Waals surface area contributed by atoms with Crippen LogP contribution >= 0.6 is 0 Å². The highest BCUT2D eigenvalue weighted by Gasteiger charge is 2.56. The van der Waals surface area contributed by atoms with Gasteiger partial charge < -0.3 is 14.6 Å². The minimum atomic E-state index is -4.83. The summed E-state index contributed by atoms with van der Waals surface area (Å²) in [5, 5.41) is 10.6. The van der Waals surface area contributed by atoms with Crippen molar-refractivity contribution in [2.45, 2.75) is 37.5 Å². The van der Waals surface area contributed by atoms with Crippen LogP contribution in [0.1, 0.15) is 25.8 Å². The van der Waals surface area contributed by atoms with Crippen molar-refractivity contribution < 1.29 is 32.1 Å². The van der Waals surface area contributed by atoms with Crippen molar-refractivity contribution in [2.24, 2.45) is 0 Å². The summed E-state index contributed by atoms with van der Waals surface area (Å²) >= 11 is 0. The second-order valence-electron chi connectivity index (χ2n) is 7.32. The zero-order valence-electron chi connectivity index (χ0n) is 15.2. The third kappa shape index (κ3) is 4.66. The Morgan fingerprint density at radius 3 is 2.35 bits per heavy atom. The second kappa shape index (κ2) is 7.70. The van der Waals surface area contributed by atoms with Gasteiger partial charge in [0.05, 0.1) is 20.3 Å². The van der Waals surface area contributed by atoms with E-state index in [1.165, 1.54) is 24.1 Å². The molecule has 1 N–H and O–H groups in total. The molecular formula is C18H25F4NO3. The molecule has 4 nitrogen and oxygen atoms in total. The summed E-state index contributed by atoms with van der Waals surface area (Å²) < 4.78 is 65.3. The van der Waals surface area contributed by atoms with Crippen molar-refractivity contribution in [1.29, 1.82) is 0 Å². The first-order valence-electron chi connectivity index (χ1n) is 8.42. The predicted molar refractivity (Wildman–Crippen MR) is 88.9 cm³/mol. The van der Waals surface area contributed by atoms with Gasteiger partial charge in [0.2, 0.25) is 0 Å². The van der Waals surface area contributed by atoms with E-state index in [1.807, 2.05) is 0 Å². The summed E-state index contributed by atoms with van der Waals surface area (Å²) in [6.07, 6.45) is -5.45. The number of benzene rings is 1. The van der Waals surface area contributed by atoms with Crippen LogP contribution < -0.4 is 4.74 Å². The molecule has 0 radical (unpaired) electrons. The van der Waals surface area contributed by atoms with Crippen molar-refractivity contribution >= 4 is 0 Å². The maximum Gasteiger partial charge on any atom is 0.418 e. The van der Waals surface area contributed by atoms with Crippen LogP contribution in [0.5, 0.6) is 5.75 Å². The third-order valence-corrected chi connectivity index (χ3v) is 4.74. The third-order valence-electron chi connectivity index (χ3n) is 4.74. The van der Waals surface area contributed by atoms with E-state index in [1.54, 1.807) is 13.8 Å². The van der Waals surface area contributed by atoms with E-state index in [4.69, 9.17) is 9.47 Å². The van der Waals surface area contributed by atoms with Crippen molar-refractivity contribution in [1.82, 2.24) is 4.90 Å². The zero-order valence-corrected chi connectivity index (χ0v) is 15.2. The van der Waals surface area contributed by atoms with Crippen molar-refractivity contribution in [3.63, 3.8) is 0 Å². The second-order valence-corrected chi connectivity index (χ2v) is 7.32. The van der Waals surface area contributed by atoms with Crippen LogP contribution in [0.25, 0.3) is 0 Å². The molecule has 0 aromatic heterocycles. The molecule has 0 saturated carbocycles. The van der Waals surface area contributed by atoms with Gasteiger partial charge in [-0.1, -0.05) is 13.8 Å². The fraction of sp³-hybridized carbons (Fsp3) is 0.667. The fourth-order valence-electron chi connectivity index (χ4n) is 3.41. The number of aliphatic hydroxyl groups is 1. The van der Waals surface area contributed by atoms with Gasteiger partial charge in [0.15, 0.2) is 5.60 Å². The van der Waals surface area contributed by atoms with Gasteiger partial charge in [0, 0.05) is 25.2 Å². The standard InChI is InChI=1S/C18H25F4NO3/c1-16(2,14-10-13(19)4-5-15(14)25-3)11-17(24,18(20,21)22)12-23-6-8-26-9-7-23/h4-5,10,24H,6-9,11-12H2,1-3H3. The van der Waals surface area contributed by atoms with E-state index in [2.05, 4.69) is 0 Å². The fourth-order valence-corrected chi connectivity index (χ4v) is 3.41. The lowest BCUT2D eigenvalue weighted by atomic mass is 9.74. The molecule has 0 spiro atoms. The highest BCUT2D eigenvalue weighted by molar-refractivity contribution is 5.39. The molecule has 148 valence electrons. The number of morpholine rings is 1. The highest BCUT2D eigenvalue weighted by Crippen LogP contribution is 2.44. The quantitative estimate of drug-likeness (QED) is 0.772. The molecule has 1 saturated heterocycles. The average Bonchev–Trinajstić information content (AvgIpc) is 2.54. The smallest absolute Gasteiger partial charge is 0.418 e. The van der Waals surface area contributed by atoms with Gasteiger partial charge in [-0.2, -0.15) is 13.2 Å². The lowest BCUT2D eigenvalue weighted by Crippen LogP contribution is -2.57. The Kier molecular flexibility index (Phi) is 6.20. The lowest BCUT2D eigenvalue weighted by molar-refractivity contribution is -0.273. The number of halogens is 4. The summed E-state index contributed by atoms with van der Waals surface area (Å²) in [7, 11) is 1.37. The molecule has 1 atom stereocenters. The van der Waals surface area contributed by atoms with E-state index in [0.29, 0.717) is 26.3 Å². The summed E-state index contributed by atoms with van der Waals surface area (Å²) in [6, 6.07) is 3.72. The summed E-state index contributed by atoms with van der Waals surface area (Å²) in [5.41, 5.74) is -3.83. The van der Waals surface area contributed by atoms with E-state index in [9.17, 15) is 22.7 Å². The first-order chi connectivity index (χ1) is 12.0. The molecule has 26 heavy (non-hydrogen) atoms. The molecule has 1 heterocycles. The van der Waals surface area contributed by atoms with Crippen LogP contribution in [0.2, 0.25) is 0 Å². The SMILES string of the molecule is COc1ccc(F)cc1C(C)(C)CC(O)(CN1CCOCC1)C(F)(F)F. The van der Waals surface area contributed by atoms with Gasteiger partial charge >= 0.3 is 6.18 Å². The Balaban J connectivity index is 2.33. The molecule has 1 aromatic rings. The number of rotatable bonds is 6. The molecule has 2 rings (SSSR count). The Morgan fingerprint density at radius 2 is 1.81 bits per heavy atom. The van der Waals surface area contributed by atoms with Crippen LogP contribution in [0.3, 0.4) is 0 Å². The van der Waals surface area contributed by atoms with Gasteiger partial charge in [0.1, 0.15) is 11.6 Å². The average molecular weight is 379 g/mol. The van der Waals surface area contributed by atoms with E-state index in [0.717, 1.165) is 6.07 Å². The number of methoxy groups -OCH3 is 1. The molecule has 1 unspecified atom stereocenters. The minimum Gasteiger partial charge on any atom is -0.496 e. The van der Waals surface area contributed by atoms with Crippen LogP contribution in [0.4, 0.5) is 17.6 Å². The molecule has 1 aliphatic heterocycles. The predicted octanol–water partition coefficient (Wildman–Crippen LogP) is 3.13. The Labute approximate surface area is 150 Å². The lowest BCUT2D eigenvalue weighted by Gasteiger charge is -2.41. The molecule has 0 bridgehead atoms. The highest BCUT2D eigenvalue weighted by atomic mass is 19.4. The van der Waals surface area contributed by atoms with Gasteiger partial charge in [-0.25, -0.2) is 4.39 Å². The Morgan fingerprint density at radius 1 is 1.19 bits per heavy atom. The first-order valence-corrected chi connectivity index (χ1v) is 8.42. The van der Waals surface area contributed by atoms with Crippen LogP contribution in [0.15, 0.2) is 18.2 Å². The van der Waals surface area contributed by atoms with Crippen molar-refractivity contribution in [3.8, 4) is 5.75 Å². The zero-order chi connectivity index (χ0) is 19.6. The normalized spacial score (nSPS) is 19.2. The minimum absolute atomic E-state index is 0.282. The number of ether oxygens (including phenoxy) is 2. The Bertz CT molecular complexity index is 615. The number of nitrogens with zero attached hydrogens (tertiary/aromatic N) is 1. The van der Waals surface area contributed by atoms with Gasteiger partial charge in [-0.15, -0.1) is 0 Å². The van der Waals surface area contributed by atoms with E-state index < -0.39 is 36.0 Å². The molecule has 1 aromatic carbocycles. The molecule has 0 amide bonds. The number of alkyl halides is 3. The first kappa shape index (κ1) is 20.9. The van der Waals surface area contributed by atoms with Gasteiger partial charge in [0.25, 0.3) is 0 Å². The molecule has 1 aliphatic rings. The van der Waals surface area contributed by atoms with Gasteiger partial charge in [-0.05, 0) is 30.0 Å². The Hall–Kier alpha value is -1.38. The van der Waals surface area contributed by atoms with Gasteiger partial charge in [-0.3, -0.25) is 4.90 Å². The van der Waals surface area contributed by atoms with Crippen LogP contribution in [-0.4, -0.2) is 61.7 Å². The van der Waals surface area contributed by atoms with E-state index >= 15 is 0 Å². The van der Waals surface area contributed by atoms with Crippen LogP contribution in [0, 0.1) is 5.82 Å². The summed E-state index contributed by atoms with van der Waals surface area (Å²) in [4.78, 5) is 1.54. The summed E-state index contributed by atoms with van der Waals surface area (Å²) in [5.74, 6) is -0.287. The van der Waals surface area contributed by atoms with Crippen molar-refractivity contribution in [3.05, 3.63) is 29.6 Å². The molecule has 0 aliphatic carbocycles. The maximum absolute atomic E-state index is 13.8. The van der Waals surface area contributed by atoms with Crippen molar-refractivity contribution in [2.75, 3.05) is 40.0 Å². The van der Waals surface area contributed by atoms with Crippen LogP contribution in [-0.2, 0) is 10.2 Å². The molecular weight excluding hydrogens is 354 g/mol. The largest absolute Gasteiger partial charge is 0.496 e. The topological polar surface area (TPSA) is 41.9 Å². The number of β-amino-alcohol motifs (C(OH)–C–C–N with tert-alkyl or cyclic N) is 1. The monoisotopic (exact) mass is 379 g/mol. The molecule has 8 heteroatoms. The molecule has 1 fully saturated rings. The number of hydrogen-bond acceptors (Lipinski definition) is 4. The maximum atomic E-state index is 13.8. The van der Waals surface area contributed by atoms with E-state index in [-0.39, 0.29) is 11.3 Å². The summed E-state index contributed by atoms with van der Waals surface area (Å²) in [6.45, 7) is 3.83. The number of hydrogen-bond donors (Lipinski definition) is 1.